The van der Waals surface area contributed by atoms with E-state index in [2.05, 4.69) is 27.5 Å². The van der Waals surface area contributed by atoms with Crippen molar-refractivity contribution in [1.82, 2.24) is 30.0 Å². The van der Waals surface area contributed by atoms with Gasteiger partial charge in [-0.05, 0) is 13.3 Å². The number of rotatable bonds is 4. The molecule has 15 heavy (non-hydrogen) atoms. The summed E-state index contributed by atoms with van der Waals surface area (Å²) < 4.78 is 3.59. The predicted octanol–water partition coefficient (Wildman–Crippen LogP) is 0.966. The zero-order valence-electron chi connectivity index (χ0n) is 8.96. The van der Waals surface area contributed by atoms with Gasteiger partial charge in [0.05, 0.1) is 12.4 Å². The molecule has 0 fully saturated rings. The van der Waals surface area contributed by atoms with Crippen molar-refractivity contribution >= 4 is 0 Å². The average molecular weight is 206 g/mol. The number of nitrogens with zero attached hydrogens (tertiary/aromatic N) is 6. The standard InChI is InChI=1S/C9H14N6/c1-3-5-15-7-9(11-13-15)8-6-14(4-2)12-10-8/h6-7H,3-5H2,1-2H3. The highest BCUT2D eigenvalue weighted by atomic mass is 15.4. The summed E-state index contributed by atoms with van der Waals surface area (Å²) in [6.45, 7) is 5.83. The first-order valence-corrected chi connectivity index (χ1v) is 5.14. The first-order valence-electron chi connectivity index (χ1n) is 5.14. The lowest BCUT2D eigenvalue weighted by atomic mass is 10.4. The van der Waals surface area contributed by atoms with Crippen molar-refractivity contribution in [3.05, 3.63) is 12.4 Å². The summed E-state index contributed by atoms with van der Waals surface area (Å²) in [5.74, 6) is 0. The van der Waals surface area contributed by atoms with E-state index in [-0.39, 0.29) is 0 Å². The molecule has 2 aromatic heterocycles. The molecule has 0 atom stereocenters. The monoisotopic (exact) mass is 206 g/mol. The van der Waals surface area contributed by atoms with Crippen molar-refractivity contribution in [3.8, 4) is 11.4 Å². The van der Waals surface area contributed by atoms with Crippen LogP contribution in [0.1, 0.15) is 20.3 Å². The molecule has 2 rings (SSSR count). The Kier molecular flexibility index (Phi) is 2.75. The SMILES string of the molecule is CCCn1cc(-c2cn(CC)nn2)nn1. The quantitative estimate of drug-likeness (QED) is 0.747. The number of aromatic nitrogens is 6. The van der Waals surface area contributed by atoms with Crippen molar-refractivity contribution in [1.29, 1.82) is 0 Å². The van der Waals surface area contributed by atoms with Crippen LogP contribution in [-0.4, -0.2) is 30.0 Å². The fourth-order valence-corrected chi connectivity index (χ4v) is 1.32. The Labute approximate surface area is 87.9 Å². The second-order valence-electron chi connectivity index (χ2n) is 3.33. The molecule has 2 heterocycles. The van der Waals surface area contributed by atoms with Crippen LogP contribution in [0.5, 0.6) is 0 Å². The van der Waals surface area contributed by atoms with Gasteiger partial charge in [-0.1, -0.05) is 17.4 Å². The van der Waals surface area contributed by atoms with E-state index in [0.29, 0.717) is 0 Å². The van der Waals surface area contributed by atoms with Gasteiger partial charge in [0.15, 0.2) is 0 Å². The third-order valence-electron chi connectivity index (χ3n) is 2.12. The van der Waals surface area contributed by atoms with E-state index in [9.17, 15) is 0 Å². The van der Waals surface area contributed by atoms with E-state index in [4.69, 9.17) is 0 Å². The summed E-state index contributed by atoms with van der Waals surface area (Å²) in [4.78, 5) is 0. The molecule has 0 aromatic carbocycles. The van der Waals surface area contributed by atoms with Crippen LogP contribution in [-0.2, 0) is 13.1 Å². The Hall–Kier alpha value is -1.72. The summed E-state index contributed by atoms with van der Waals surface area (Å²) in [5, 5.41) is 16.0. The van der Waals surface area contributed by atoms with E-state index in [1.165, 1.54) is 0 Å². The molecular formula is C9H14N6. The molecule has 0 unspecified atom stereocenters. The topological polar surface area (TPSA) is 61.4 Å². The third kappa shape index (κ3) is 2.03. The molecule has 0 bridgehead atoms. The number of aryl methyl sites for hydroxylation is 2. The average Bonchev–Trinajstić information content (AvgIpc) is 2.85. The molecule has 0 amide bonds. The molecule has 0 spiro atoms. The minimum atomic E-state index is 0.777. The van der Waals surface area contributed by atoms with Crippen LogP contribution >= 0.6 is 0 Å². The van der Waals surface area contributed by atoms with Crippen molar-refractivity contribution < 1.29 is 0 Å². The van der Waals surface area contributed by atoms with Crippen LogP contribution < -0.4 is 0 Å². The lowest BCUT2D eigenvalue weighted by Gasteiger charge is -1.91. The minimum absolute atomic E-state index is 0.777. The molecule has 80 valence electrons. The lowest BCUT2D eigenvalue weighted by molar-refractivity contribution is 0.579. The Morgan fingerprint density at radius 2 is 1.60 bits per heavy atom. The maximum atomic E-state index is 4.05. The van der Waals surface area contributed by atoms with Crippen molar-refractivity contribution in [2.45, 2.75) is 33.4 Å². The molecule has 0 N–H and O–H groups in total. The Bertz CT molecular complexity index is 429. The van der Waals surface area contributed by atoms with Crippen LogP contribution in [0.25, 0.3) is 11.4 Å². The van der Waals surface area contributed by atoms with Crippen LogP contribution in [0.3, 0.4) is 0 Å². The van der Waals surface area contributed by atoms with Crippen LogP contribution in [0, 0.1) is 0 Å². The Morgan fingerprint density at radius 1 is 1.00 bits per heavy atom. The smallest absolute Gasteiger partial charge is 0.134 e. The van der Waals surface area contributed by atoms with Gasteiger partial charge in [0.2, 0.25) is 0 Å². The number of hydrogen-bond acceptors (Lipinski definition) is 4. The molecule has 6 nitrogen and oxygen atoms in total. The van der Waals surface area contributed by atoms with E-state index in [1.807, 2.05) is 24.0 Å². The highest BCUT2D eigenvalue weighted by Gasteiger charge is 2.07. The summed E-state index contributed by atoms with van der Waals surface area (Å²) in [6, 6.07) is 0. The van der Waals surface area contributed by atoms with E-state index < -0.39 is 0 Å². The van der Waals surface area contributed by atoms with E-state index >= 15 is 0 Å². The van der Waals surface area contributed by atoms with Crippen molar-refractivity contribution in [3.63, 3.8) is 0 Å². The molecule has 0 aliphatic heterocycles. The summed E-state index contributed by atoms with van der Waals surface area (Å²) in [7, 11) is 0. The molecule has 0 radical (unpaired) electrons. The highest BCUT2D eigenvalue weighted by Crippen LogP contribution is 2.11. The number of hydrogen-bond donors (Lipinski definition) is 0. The van der Waals surface area contributed by atoms with E-state index in [1.54, 1.807) is 4.68 Å². The zero-order chi connectivity index (χ0) is 10.7. The van der Waals surface area contributed by atoms with Gasteiger partial charge in [-0.2, -0.15) is 0 Å². The summed E-state index contributed by atoms with van der Waals surface area (Å²) in [6.07, 6.45) is 4.82. The predicted molar refractivity (Wildman–Crippen MR) is 55.0 cm³/mol. The Morgan fingerprint density at radius 3 is 2.13 bits per heavy atom. The fourth-order valence-electron chi connectivity index (χ4n) is 1.32. The van der Waals surface area contributed by atoms with Crippen molar-refractivity contribution in [2.24, 2.45) is 0 Å². The maximum absolute atomic E-state index is 4.05. The van der Waals surface area contributed by atoms with Gasteiger partial charge in [0, 0.05) is 13.1 Å². The van der Waals surface area contributed by atoms with Gasteiger partial charge in [-0.3, -0.25) is 9.36 Å². The zero-order valence-corrected chi connectivity index (χ0v) is 8.96. The molecular weight excluding hydrogens is 192 g/mol. The second-order valence-corrected chi connectivity index (χ2v) is 3.33. The molecule has 0 aliphatic rings. The van der Waals surface area contributed by atoms with Gasteiger partial charge in [0.1, 0.15) is 11.4 Å². The molecule has 2 aromatic rings. The van der Waals surface area contributed by atoms with Gasteiger partial charge in [0.25, 0.3) is 0 Å². The molecule has 0 saturated carbocycles. The van der Waals surface area contributed by atoms with Gasteiger partial charge >= 0.3 is 0 Å². The fraction of sp³-hybridized carbons (Fsp3) is 0.556. The van der Waals surface area contributed by atoms with Gasteiger partial charge < -0.3 is 0 Å². The van der Waals surface area contributed by atoms with Crippen LogP contribution in [0.2, 0.25) is 0 Å². The first-order chi connectivity index (χ1) is 7.33. The van der Waals surface area contributed by atoms with Crippen LogP contribution in [0.15, 0.2) is 12.4 Å². The molecule has 0 saturated heterocycles. The third-order valence-corrected chi connectivity index (χ3v) is 2.12. The highest BCUT2D eigenvalue weighted by molar-refractivity contribution is 5.49. The Balaban J connectivity index is 2.21. The van der Waals surface area contributed by atoms with Crippen molar-refractivity contribution in [2.75, 3.05) is 0 Å². The van der Waals surface area contributed by atoms with Crippen LogP contribution in [0.4, 0.5) is 0 Å². The molecule has 6 heteroatoms. The maximum Gasteiger partial charge on any atom is 0.134 e. The van der Waals surface area contributed by atoms with E-state index in [0.717, 1.165) is 30.9 Å². The minimum Gasteiger partial charge on any atom is -0.252 e. The second kappa shape index (κ2) is 4.20. The lowest BCUT2D eigenvalue weighted by Crippen LogP contribution is -1.96. The largest absolute Gasteiger partial charge is 0.252 e. The van der Waals surface area contributed by atoms with Gasteiger partial charge in [-0.25, -0.2) is 0 Å². The first kappa shape index (κ1) is 9.82. The summed E-state index contributed by atoms with van der Waals surface area (Å²) in [5.41, 5.74) is 1.56. The summed E-state index contributed by atoms with van der Waals surface area (Å²) >= 11 is 0. The normalized spacial score (nSPS) is 10.8. The molecule has 0 aliphatic carbocycles. The van der Waals surface area contributed by atoms with Gasteiger partial charge in [-0.15, -0.1) is 10.2 Å².